The molecule has 0 aromatic heterocycles. The molecule has 5 heteroatoms. The maximum Gasteiger partial charge on any atom is 0.200 e. The molecule has 0 saturated carbocycles. The predicted molar refractivity (Wildman–Crippen MR) is 98.6 cm³/mol. The van der Waals surface area contributed by atoms with E-state index in [4.69, 9.17) is 4.74 Å². The molecule has 0 heterocycles. The van der Waals surface area contributed by atoms with Gasteiger partial charge in [0.15, 0.2) is 24.0 Å². The van der Waals surface area contributed by atoms with Crippen molar-refractivity contribution in [1.29, 1.82) is 0 Å². The van der Waals surface area contributed by atoms with Crippen molar-refractivity contribution in [3.63, 3.8) is 0 Å². The topological polar surface area (TPSA) is 41.9 Å². The van der Waals surface area contributed by atoms with Gasteiger partial charge in [0.1, 0.15) is 0 Å². The quantitative estimate of drug-likeness (QED) is 0.428. The second kappa shape index (κ2) is 8.42. The number of benzene rings is 2. The zero-order valence-electron chi connectivity index (χ0n) is 15.0. The molecule has 132 valence electrons. The van der Waals surface area contributed by atoms with Gasteiger partial charge in [0.05, 0.1) is 12.0 Å². The van der Waals surface area contributed by atoms with Gasteiger partial charge in [0.2, 0.25) is 0 Å². The summed E-state index contributed by atoms with van der Waals surface area (Å²) in [5.41, 5.74) is 3.11. The fourth-order valence-electron chi connectivity index (χ4n) is 2.27. The second-order valence-electron chi connectivity index (χ2n) is 5.91. The number of ether oxygens (including phenoxy) is 1. The summed E-state index contributed by atoms with van der Waals surface area (Å²) in [4.78, 5) is 18.9. The van der Waals surface area contributed by atoms with Crippen molar-refractivity contribution >= 4 is 17.8 Å². The van der Waals surface area contributed by atoms with Crippen LogP contribution < -0.4 is 4.74 Å². The maximum absolute atomic E-state index is 13.6. The molecule has 0 aliphatic rings. The lowest BCUT2D eigenvalue weighted by Gasteiger charge is -2.12. The van der Waals surface area contributed by atoms with E-state index < -0.39 is 5.82 Å². The smallest absolute Gasteiger partial charge is 0.200 e. The molecule has 0 saturated heterocycles. The molecule has 0 fully saturated rings. The molecule has 2 aromatic rings. The third-order valence-corrected chi connectivity index (χ3v) is 3.93. The van der Waals surface area contributed by atoms with E-state index in [9.17, 15) is 9.18 Å². The summed E-state index contributed by atoms with van der Waals surface area (Å²) >= 11 is 0. The molecule has 0 spiro atoms. The highest BCUT2D eigenvalue weighted by Gasteiger charge is 2.13. The molecule has 0 unspecified atom stereocenters. The van der Waals surface area contributed by atoms with Gasteiger partial charge in [-0.2, -0.15) is 0 Å². The zero-order chi connectivity index (χ0) is 18.4. The molecule has 0 N–H and O–H groups in total. The first-order chi connectivity index (χ1) is 11.9. The van der Waals surface area contributed by atoms with Crippen molar-refractivity contribution in [3.8, 4) is 5.75 Å². The van der Waals surface area contributed by atoms with Crippen LogP contribution in [0.25, 0.3) is 0 Å². The Bertz CT molecular complexity index is 787. The van der Waals surface area contributed by atoms with Crippen molar-refractivity contribution in [2.45, 2.75) is 20.8 Å². The Balaban J connectivity index is 2.13. The minimum absolute atomic E-state index is 0.0778. The number of halogens is 1. The Morgan fingerprint density at radius 1 is 1.24 bits per heavy atom. The molecule has 0 radical (unpaired) electrons. The molecule has 0 amide bonds. The van der Waals surface area contributed by atoms with Crippen LogP contribution in [0.3, 0.4) is 0 Å². The van der Waals surface area contributed by atoms with Crippen molar-refractivity contribution in [3.05, 3.63) is 58.9 Å². The summed E-state index contributed by atoms with van der Waals surface area (Å²) in [6.07, 6.45) is 1.77. The summed E-state index contributed by atoms with van der Waals surface area (Å²) in [7, 11) is 1.95. The molecule has 2 aromatic carbocycles. The lowest BCUT2D eigenvalue weighted by molar-refractivity contribution is 0.0918. The van der Waals surface area contributed by atoms with Crippen molar-refractivity contribution in [2.75, 3.05) is 20.2 Å². The highest BCUT2D eigenvalue weighted by Crippen LogP contribution is 2.24. The standard InChI is InChI=1S/C20H23FN2O2/c1-5-23(4)13-22-18-11-14(2)16(10-15(18)3)19(24)12-25-20-9-7-6-8-17(20)21/h6-11,13H,5,12H2,1-4H3. The lowest BCUT2D eigenvalue weighted by atomic mass is 10.0. The monoisotopic (exact) mass is 342 g/mol. The first kappa shape index (κ1) is 18.6. The first-order valence-corrected chi connectivity index (χ1v) is 8.18. The number of aryl methyl sites for hydroxylation is 2. The zero-order valence-corrected chi connectivity index (χ0v) is 15.0. The number of Topliss-reactive ketones (excluding diaryl/α,β-unsaturated/α-hetero) is 1. The molecule has 0 bridgehead atoms. The van der Waals surface area contributed by atoms with E-state index in [0.717, 1.165) is 23.4 Å². The molecule has 2 rings (SSSR count). The molecular formula is C20H23FN2O2. The van der Waals surface area contributed by atoms with Gasteiger partial charge in [-0.05, 0) is 56.2 Å². The van der Waals surface area contributed by atoms with Gasteiger partial charge in [-0.3, -0.25) is 4.79 Å². The summed E-state index contributed by atoms with van der Waals surface area (Å²) < 4.78 is 18.9. The number of hydrogen-bond acceptors (Lipinski definition) is 3. The third-order valence-electron chi connectivity index (χ3n) is 3.93. The summed E-state index contributed by atoms with van der Waals surface area (Å²) in [6, 6.07) is 9.73. The van der Waals surface area contributed by atoms with Crippen LogP contribution in [0.15, 0.2) is 41.4 Å². The molecule has 4 nitrogen and oxygen atoms in total. The Kier molecular flexibility index (Phi) is 6.28. The molecule has 0 aliphatic heterocycles. The van der Waals surface area contributed by atoms with Gasteiger partial charge in [0, 0.05) is 19.2 Å². The largest absolute Gasteiger partial charge is 0.482 e. The van der Waals surface area contributed by atoms with E-state index in [-0.39, 0.29) is 18.1 Å². The highest BCUT2D eigenvalue weighted by atomic mass is 19.1. The predicted octanol–water partition coefficient (Wildman–Crippen LogP) is 4.32. The van der Waals surface area contributed by atoms with Gasteiger partial charge in [-0.25, -0.2) is 9.38 Å². The summed E-state index contributed by atoms with van der Waals surface area (Å²) in [5.74, 6) is -0.591. The number of hydrogen-bond donors (Lipinski definition) is 0. The summed E-state index contributed by atoms with van der Waals surface area (Å²) in [5, 5.41) is 0. The van der Waals surface area contributed by atoms with Gasteiger partial charge in [-0.15, -0.1) is 0 Å². The average molecular weight is 342 g/mol. The van der Waals surface area contributed by atoms with Gasteiger partial charge in [-0.1, -0.05) is 12.1 Å². The van der Waals surface area contributed by atoms with Crippen molar-refractivity contribution in [1.82, 2.24) is 4.90 Å². The maximum atomic E-state index is 13.6. The number of carbonyl (C=O) groups excluding carboxylic acids is 1. The van der Waals surface area contributed by atoms with Crippen molar-refractivity contribution in [2.24, 2.45) is 4.99 Å². The number of rotatable bonds is 7. The van der Waals surface area contributed by atoms with E-state index in [2.05, 4.69) is 4.99 Å². The normalized spacial score (nSPS) is 10.9. The minimum atomic E-state index is -0.479. The minimum Gasteiger partial charge on any atom is -0.482 e. The molecular weight excluding hydrogens is 319 g/mol. The SMILES string of the molecule is CCN(C)C=Nc1cc(C)c(C(=O)COc2ccccc2F)cc1C. The number of para-hydroxylation sites is 1. The van der Waals surface area contributed by atoms with Gasteiger partial charge < -0.3 is 9.64 Å². The van der Waals surface area contributed by atoms with E-state index in [1.807, 2.05) is 38.8 Å². The molecule has 0 atom stereocenters. The van der Waals surface area contributed by atoms with Gasteiger partial charge in [0.25, 0.3) is 0 Å². The summed E-state index contributed by atoms with van der Waals surface area (Å²) in [6.45, 7) is 6.47. The second-order valence-corrected chi connectivity index (χ2v) is 5.91. The Morgan fingerprint density at radius 3 is 2.64 bits per heavy atom. The number of aliphatic imine (C=N–C) groups is 1. The van der Waals surface area contributed by atoms with E-state index in [1.54, 1.807) is 24.5 Å². The van der Waals surface area contributed by atoms with Crippen LogP contribution in [-0.2, 0) is 0 Å². The highest BCUT2D eigenvalue weighted by molar-refractivity contribution is 5.99. The van der Waals surface area contributed by atoms with Gasteiger partial charge >= 0.3 is 0 Å². The Morgan fingerprint density at radius 2 is 1.96 bits per heavy atom. The van der Waals surface area contributed by atoms with E-state index in [0.29, 0.717) is 5.56 Å². The first-order valence-electron chi connectivity index (χ1n) is 8.18. The molecule has 0 aliphatic carbocycles. The molecule has 25 heavy (non-hydrogen) atoms. The van der Waals surface area contributed by atoms with Crippen molar-refractivity contribution < 1.29 is 13.9 Å². The fourth-order valence-corrected chi connectivity index (χ4v) is 2.27. The number of nitrogens with zero attached hydrogens (tertiary/aromatic N) is 2. The van der Waals surface area contributed by atoms with Crippen LogP contribution in [0, 0.1) is 19.7 Å². The Labute approximate surface area is 148 Å². The van der Waals surface area contributed by atoms with Crippen LogP contribution in [-0.4, -0.2) is 37.2 Å². The van der Waals surface area contributed by atoms with Crippen LogP contribution in [0.2, 0.25) is 0 Å². The van der Waals surface area contributed by atoms with Crippen LogP contribution >= 0.6 is 0 Å². The Hall–Kier alpha value is -2.69. The van der Waals surface area contributed by atoms with E-state index >= 15 is 0 Å². The number of carbonyl (C=O) groups is 1. The lowest BCUT2D eigenvalue weighted by Crippen LogP contribution is -2.15. The van der Waals surface area contributed by atoms with E-state index in [1.165, 1.54) is 12.1 Å². The van der Waals surface area contributed by atoms with Crippen LogP contribution in [0.1, 0.15) is 28.4 Å². The van der Waals surface area contributed by atoms with Crippen LogP contribution in [0.5, 0.6) is 5.75 Å². The fraction of sp³-hybridized carbons (Fsp3) is 0.300. The third kappa shape index (κ3) is 4.89. The number of ketones is 1. The average Bonchev–Trinajstić information content (AvgIpc) is 2.60. The van der Waals surface area contributed by atoms with Crippen LogP contribution in [0.4, 0.5) is 10.1 Å².